The predicted molar refractivity (Wildman–Crippen MR) is 78.6 cm³/mol. The molecule has 1 aromatic carbocycles. The van der Waals surface area contributed by atoms with Crippen molar-refractivity contribution in [3.63, 3.8) is 0 Å². The molecular formula is C15H15ClFN3O. The van der Waals surface area contributed by atoms with E-state index in [1.165, 1.54) is 18.5 Å². The third-order valence-electron chi connectivity index (χ3n) is 2.67. The van der Waals surface area contributed by atoms with Gasteiger partial charge in [0.15, 0.2) is 5.82 Å². The van der Waals surface area contributed by atoms with Crippen LogP contribution in [0, 0.1) is 17.7 Å². The second-order valence-electron chi connectivity index (χ2n) is 4.30. The average molecular weight is 308 g/mol. The number of aromatic nitrogens is 3. The molecule has 0 amide bonds. The minimum Gasteiger partial charge on any atom is -0.485 e. The summed E-state index contributed by atoms with van der Waals surface area (Å²) in [5.74, 6) is 6.35. The topological polar surface area (TPSA) is 39.9 Å². The average Bonchev–Trinajstić information content (AvgIpc) is 2.90. The summed E-state index contributed by atoms with van der Waals surface area (Å²) in [5, 5.41) is 4.11. The quantitative estimate of drug-likeness (QED) is 0.630. The molecular weight excluding hydrogens is 293 g/mol. The maximum absolute atomic E-state index is 13.5. The number of alkyl halides is 1. The van der Waals surface area contributed by atoms with E-state index in [4.69, 9.17) is 16.3 Å². The zero-order chi connectivity index (χ0) is 15.1. The number of hydrogen-bond donors (Lipinski definition) is 0. The Morgan fingerprint density at radius 3 is 3.00 bits per heavy atom. The third-order valence-corrected chi connectivity index (χ3v) is 2.80. The summed E-state index contributed by atoms with van der Waals surface area (Å²) >= 11 is 5.49. The summed E-state index contributed by atoms with van der Waals surface area (Å²) in [6, 6.07) is 4.32. The predicted octanol–water partition coefficient (Wildman–Crippen LogP) is 3.00. The Morgan fingerprint density at radius 1 is 1.38 bits per heavy atom. The molecule has 0 aliphatic heterocycles. The smallest absolute Gasteiger partial charge is 0.164 e. The van der Waals surface area contributed by atoms with Gasteiger partial charge in [0.25, 0.3) is 0 Å². The number of rotatable bonds is 5. The first-order chi connectivity index (χ1) is 10.2. The van der Waals surface area contributed by atoms with E-state index in [9.17, 15) is 4.39 Å². The van der Waals surface area contributed by atoms with Gasteiger partial charge in [0.1, 0.15) is 24.5 Å². The maximum Gasteiger partial charge on any atom is 0.164 e. The van der Waals surface area contributed by atoms with Gasteiger partial charge in [0.2, 0.25) is 0 Å². The van der Waals surface area contributed by atoms with E-state index in [2.05, 4.69) is 28.8 Å². The normalized spacial score (nSPS) is 10.0. The molecule has 0 radical (unpaired) electrons. The Bertz CT molecular complexity index is 660. The van der Waals surface area contributed by atoms with Gasteiger partial charge in [0.05, 0.1) is 5.88 Å². The van der Waals surface area contributed by atoms with E-state index < -0.39 is 5.82 Å². The van der Waals surface area contributed by atoms with Crippen LogP contribution < -0.4 is 4.74 Å². The first-order valence-electron chi connectivity index (χ1n) is 6.58. The summed E-state index contributed by atoms with van der Waals surface area (Å²) in [4.78, 5) is 4.13. The maximum atomic E-state index is 13.5. The summed E-state index contributed by atoms with van der Waals surface area (Å²) in [5.41, 5.74) is 0.528. The van der Waals surface area contributed by atoms with Crippen molar-refractivity contribution in [3.05, 3.63) is 41.7 Å². The van der Waals surface area contributed by atoms with Gasteiger partial charge in [-0.3, -0.25) is 0 Å². The Hall–Kier alpha value is -2.06. The molecule has 0 spiro atoms. The SMILES string of the molecule is CCCn1ncnc1COc1cc(F)cc(C#CCCl)c1. The molecule has 6 heteroatoms. The van der Waals surface area contributed by atoms with Crippen LogP contribution in [0.25, 0.3) is 0 Å². The summed E-state index contributed by atoms with van der Waals surface area (Å²) in [7, 11) is 0. The summed E-state index contributed by atoms with van der Waals surface area (Å²) in [6.07, 6.45) is 2.44. The molecule has 0 aliphatic rings. The van der Waals surface area contributed by atoms with Gasteiger partial charge < -0.3 is 4.74 Å². The number of halogens is 2. The van der Waals surface area contributed by atoms with E-state index in [0.29, 0.717) is 17.1 Å². The van der Waals surface area contributed by atoms with Crippen molar-refractivity contribution in [2.75, 3.05) is 5.88 Å². The lowest BCUT2D eigenvalue weighted by Gasteiger charge is -2.08. The Balaban J connectivity index is 2.09. The number of nitrogens with zero attached hydrogens (tertiary/aromatic N) is 3. The molecule has 110 valence electrons. The minimum atomic E-state index is -0.401. The fraction of sp³-hybridized carbons (Fsp3) is 0.333. The highest BCUT2D eigenvalue weighted by atomic mass is 35.5. The van der Waals surface area contributed by atoms with E-state index in [-0.39, 0.29) is 12.5 Å². The highest BCUT2D eigenvalue weighted by Crippen LogP contribution is 2.17. The number of hydrogen-bond acceptors (Lipinski definition) is 3. The van der Waals surface area contributed by atoms with Gasteiger partial charge in [-0.15, -0.1) is 11.6 Å². The molecule has 0 saturated heterocycles. The number of benzene rings is 1. The van der Waals surface area contributed by atoms with Crippen molar-refractivity contribution in [2.45, 2.75) is 26.5 Å². The summed E-state index contributed by atoms with van der Waals surface area (Å²) < 4.78 is 20.9. The molecule has 1 aromatic heterocycles. The highest BCUT2D eigenvalue weighted by molar-refractivity contribution is 6.19. The fourth-order valence-electron chi connectivity index (χ4n) is 1.80. The van der Waals surface area contributed by atoms with Gasteiger partial charge in [-0.2, -0.15) is 5.10 Å². The zero-order valence-electron chi connectivity index (χ0n) is 11.6. The molecule has 0 aliphatic carbocycles. The van der Waals surface area contributed by atoms with Crippen LogP contribution in [0.2, 0.25) is 0 Å². The van der Waals surface area contributed by atoms with E-state index in [1.807, 2.05) is 0 Å². The molecule has 0 bridgehead atoms. The molecule has 0 saturated carbocycles. The molecule has 1 heterocycles. The first-order valence-corrected chi connectivity index (χ1v) is 7.11. The first kappa shape index (κ1) is 15.3. The largest absolute Gasteiger partial charge is 0.485 e. The van der Waals surface area contributed by atoms with Crippen LogP contribution in [-0.4, -0.2) is 20.6 Å². The van der Waals surface area contributed by atoms with Gasteiger partial charge in [-0.1, -0.05) is 18.8 Å². The lowest BCUT2D eigenvalue weighted by molar-refractivity contribution is 0.284. The van der Waals surface area contributed by atoms with Crippen LogP contribution in [0.4, 0.5) is 4.39 Å². The molecule has 21 heavy (non-hydrogen) atoms. The molecule has 0 N–H and O–H groups in total. The van der Waals surface area contributed by atoms with Crippen LogP contribution in [0.3, 0.4) is 0 Å². The van der Waals surface area contributed by atoms with Crippen molar-refractivity contribution < 1.29 is 9.13 Å². The number of ether oxygens (including phenoxy) is 1. The second kappa shape index (κ2) is 7.65. The lowest BCUT2D eigenvalue weighted by Crippen LogP contribution is -2.08. The minimum absolute atomic E-state index is 0.201. The molecule has 2 aromatic rings. The molecule has 0 atom stereocenters. The molecule has 0 unspecified atom stereocenters. The van der Waals surface area contributed by atoms with Gasteiger partial charge in [-0.25, -0.2) is 14.1 Å². The van der Waals surface area contributed by atoms with Gasteiger partial charge in [0, 0.05) is 18.2 Å². The monoisotopic (exact) mass is 307 g/mol. The fourth-order valence-corrected chi connectivity index (χ4v) is 1.87. The summed E-state index contributed by atoms with van der Waals surface area (Å²) in [6.45, 7) is 3.06. The van der Waals surface area contributed by atoms with Gasteiger partial charge in [-0.05, 0) is 18.6 Å². The van der Waals surface area contributed by atoms with Crippen LogP contribution in [0.5, 0.6) is 5.75 Å². The zero-order valence-corrected chi connectivity index (χ0v) is 12.4. The van der Waals surface area contributed by atoms with Crippen molar-refractivity contribution in [3.8, 4) is 17.6 Å². The van der Waals surface area contributed by atoms with Crippen LogP contribution in [-0.2, 0) is 13.2 Å². The Morgan fingerprint density at radius 2 is 2.24 bits per heavy atom. The second-order valence-corrected chi connectivity index (χ2v) is 4.57. The van der Waals surface area contributed by atoms with Crippen molar-refractivity contribution in [2.24, 2.45) is 0 Å². The molecule has 2 rings (SSSR count). The molecule has 4 nitrogen and oxygen atoms in total. The van der Waals surface area contributed by atoms with E-state index in [0.717, 1.165) is 13.0 Å². The van der Waals surface area contributed by atoms with E-state index in [1.54, 1.807) is 10.7 Å². The van der Waals surface area contributed by atoms with Crippen LogP contribution in [0.1, 0.15) is 24.7 Å². The lowest BCUT2D eigenvalue weighted by atomic mass is 10.2. The van der Waals surface area contributed by atoms with Crippen LogP contribution in [0.15, 0.2) is 24.5 Å². The highest BCUT2D eigenvalue weighted by Gasteiger charge is 2.06. The van der Waals surface area contributed by atoms with Gasteiger partial charge >= 0.3 is 0 Å². The van der Waals surface area contributed by atoms with Crippen molar-refractivity contribution in [1.82, 2.24) is 14.8 Å². The Labute approximate surface area is 127 Å². The third kappa shape index (κ3) is 4.47. The Kier molecular flexibility index (Phi) is 5.59. The van der Waals surface area contributed by atoms with Crippen molar-refractivity contribution >= 4 is 11.6 Å². The van der Waals surface area contributed by atoms with E-state index >= 15 is 0 Å². The van der Waals surface area contributed by atoms with Crippen LogP contribution >= 0.6 is 11.6 Å². The number of aryl methyl sites for hydroxylation is 1. The van der Waals surface area contributed by atoms with Crippen molar-refractivity contribution in [1.29, 1.82) is 0 Å². The molecule has 0 fully saturated rings. The standard InChI is InChI=1S/C15H15ClFN3O/c1-2-6-20-15(18-11-19-20)10-21-14-8-12(4-3-5-16)7-13(17)9-14/h7-9,11H,2,5-6,10H2,1H3.